The Kier molecular flexibility index (Phi) is 4.82. The van der Waals surface area contributed by atoms with Crippen molar-refractivity contribution < 1.29 is 0 Å². The summed E-state index contributed by atoms with van der Waals surface area (Å²) >= 11 is 0. The number of nitrogens with two attached hydrogens (primary N) is 1. The molecule has 0 aliphatic rings. The predicted molar refractivity (Wildman–Crippen MR) is 63.8 cm³/mol. The van der Waals surface area contributed by atoms with E-state index in [4.69, 9.17) is 5.73 Å². The first-order valence-electron chi connectivity index (χ1n) is 5.95. The molecule has 2 N–H and O–H groups in total. The maximum absolute atomic E-state index is 5.59. The zero-order valence-corrected chi connectivity index (χ0v) is 10.1. The molecule has 1 unspecified atom stereocenters. The Hall–Kier alpha value is -0.830. The van der Waals surface area contributed by atoms with Gasteiger partial charge in [-0.1, -0.05) is 26.7 Å². The maximum Gasteiger partial charge on any atom is 0.0950 e. The van der Waals surface area contributed by atoms with E-state index >= 15 is 0 Å². The van der Waals surface area contributed by atoms with Crippen molar-refractivity contribution in [2.24, 2.45) is 11.7 Å². The molecule has 15 heavy (non-hydrogen) atoms. The predicted octanol–water partition coefficient (Wildman–Crippen LogP) is 2.38. The molecule has 1 heterocycles. The Morgan fingerprint density at radius 3 is 2.60 bits per heavy atom. The van der Waals surface area contributed by atoms with Crippen molar-refractivity contribution in [1.29, 1.82) is 0 Å². The summed E-state index contributed by atoms with van der Waals surface area (Å²) in [6.45, 7) is 7.48. The van der Waals surface area contributed by atoms with E-state index in [1.165, 1.54) is 18.5 Å². The first-order chi connectivity index (χ1) is 7.24. The minimum atomic E-state index is 0.532. The van der Waals surface area contributed by atoms with Gasteiger partial charge in [-0.3, -0.25) is 0 Å². The van der Waals surface area contributed by atoms with Crippen LogP contribution in [0.3, 0.4) is 0 Å². The molecule has 1 aromatic rings. The van der Waals surface area contributed by atoms with Gasteiger partial charge >= 0.3 is 0 Å². The molecule has 0 saturated heterocycles. The van der Waals surface area contributed by atoms with E-state index in [-0.39, 0.29) is 0 Å². The van der Waals surface area contributed by atoms with E-state index in [2.05, 4.69) is 30.3 Å². The van der Waals surface area contributed by atoms with Crippen LogP contribution in [0.15, 0.2) is 12.5 Å². The maximum atomic E-state index is 5.59. The minimum Gasteiger partial charge on any atom is -0.332 e. The van der Waals surface area contributed by atoms with Gasteiger partial charge in [-0.2, -0.15) is 0 Å². The first kappa shape index (κ1) is 12.2. The van der Waals surface area contributed by atoms with Crippen LogP contribution in [0.2, 0.25) is 0 Å². The first-order valence-corrected chi connectivity index (χ1v) is 5.95. The fraction of sp³-hybridized carbons (Fsp3) is 0.750. The van der Waals surface area contributed by atoms with Crippen LogP contribution in [0.25, 0.3) is 0 Å². The van der Waals surface area contributed by atoms with Gasteiger partial charge in [0, 0.05) is 24.4 Å². The molecule has 0 aliphatic heterocycles. The molecule has 3 nitrogen and oxygen atoms in total. The van der Waals surface area contributed by atoms with Crippen molar-refractivity contribution in [1.82, 2.24) is 9.55 Å². The van der Waals surface area contributed by atoms with E-state index < -0.39 is 0 Å². The summed E-state index contributed by atoms with van der Waals surface area (Å²) in [7, 11) is 0. The second kappa shape index (κ2) is 5.91. The van der Waals surface area contributed by atoms with Crippen LogP contribution in [0.4, 0.5) is 0 Å². The van der Waals surface area contributed by atoms with E-state index in [9.17, 15) is 0 Å². The van der Waals surface area contributed by atoms with Crippen molar-refractivity contribution >= 4 is 0 Å². The Morgan fingerprint density at radius 2 is 2.07 bits per heavy atom. The molecule has 0 spiro atoms. The normalized spacial score (nSPS) is 13.4. The van der Waals surface area contributed by atoms with Crippen LogP contribution in [-0.4, -0.2) is 16.1 Å². The van der Waals surface area contributed by atoms with Gasteiger partial charge in [0.15, 0.2) is 0 Å². The summed E-state index contributed by atoms with van der Waals surface area (Å²) < 4.78 is 2.28. The number of aromatic nitrogens is 2. The lowest BCUT2D eigenvalue weighted by atomic mass is 9.95. The average molecular weight is 209 g/mol. The molecular formula is C12H23N3. The number of rotatable bonds is 6. The highest BCUT2D eigenvalue weighted by Crippen LogP contribution is 2.25. The van der Waals surface area contributed by atoms with Gasteiger partial charge < -0.3 is 10.3 Å². The fourth-order valence-electron chi connectivity index (χ4n) is 2.24. The summed E-state index contributed by atoms with van der Waals surface area (Å²) in [5.41, 5.74) is 6.85. The van der Waals surface area contributed by atoms with E-state index in [0.29, 0.717) is 12.6 Å². The summed E-state index contributed by atoms with van der Waals surface area (Å²) in [5.74, 6) is 0.732. The zero-order chi connectivity index (χ0) is 11.3. The largest absolute Gasteiger partial charge is 0.332 e. The summed E-state index contributed by atoms with van der Waals surface area (Å²) in [5, 5.41) is 0. The molecule has 1 aromatic heterocycles. The molecule has 86 valence electrons. The summed E-state index contributed by atoms with van der Waals surface area (Å²) in [4.78, 5) is 4.22. The smallest absolute Gasteiger partial charge is 0.0950 e. The molecule has 0 radical (unpaired) electrons. The number of hydrogen-bond acceptors (Lipinski definition) is 2. The van der Waals surface area contributed by atoms with Crippen molar-refractivity contribution in [2.45, 2.75) is 46.1 Å². The Bertz CT molecular complexity index is 276. The van der Waals surface area contributed by atoms with Crippen LogP contribution in [0.5, 0.6) is 0 Å². The molecule has 0 aromatic carbocycles. The highest BCUT2D eigenvalue weighted by atomic mass is 15.1. The molecule has 3 heteroatoms. The van der Waals surface area contributed by atoms with Crippen molar-refractivity contribution in [3.63, 3.8) is 0 Å². The van der Waals surface area contributed by atoms with Gasteiger partial charge in [-0.05, 0) is 19.4 Å². The van der Waals surface area contributed by atoms with Gasteiger partial charge in [0.05, 0.1) is 6.33 Å². The lowest BCUT2D eigenvalue weighted by Gasteiger charge is -2.24. The highest BCUT2D eigenvalue weighted by molar-refractivity contribution is 5.01. The molecule has 0 bridgehead atoms. The van der Waals surface area contributed by atoms with Crippen LogP contribution in [0.1, 0.15) is 45.3 Å². The van der Waals surface area contributed by atoms with E-state index in [1.807, 2.05) is 12.5 Å². The number of imidazole rings is 1. The van der Waals surface area contributed by atoms with Gasteiger partial charge in [-0.25, -0.2) is 4.98 Å². The van der Waals surface area contributed by atoms with Crippen molar-refractivity contribution in [2.75, 3.05) is 6.54 Å². The lowest BCUT2D eigenvalue weighted by molar-refractivity contribution is 0.327. The second-order valence-corrected chi connectivity index (χ2v) is 4.15. The summed E-state index contributed by atoms with van der Waals surface area (Å²) in [6.07, 6.45) is 7.24. The molecule has 1 atom stereocenters. The lowest BCUT2D eigenvalue weighted by Crippen LogP contribution is -2.18. The van der Waals surface area contributed by atoms with Gasteiger partial charge in [-0.15, -0.1) is 0 Å². The number of hydrogen-bond donors (Lipinski definition) is 1. The van der Waals surface area contributed by atoms with E-state index in [0.717, 1.165) is 12.3 Å². The standard InChI is InChI=1S/C12H23N3/c1-4-11(5-2)10(3)15-9-14-8-12(15)6-7-13/h8-11H,4-7,13H2,1-3H3. The van der Waals surface area contributed by atoms with Crippen LogP contribution in [-0.2, 0) is 6.42 Å². The Morgan fingerprint density at radius 1 is 1.40 bits per heavy atom. The van der Waals surface area contributed by atoms with Crippen LogP contribution >= 0.6 is 0 Å². The SMILES string of the molecule is CCC(CC)C(C)n1cncc1CCN. The quantitative estimate of drug-likeness (QED) is 0.781. The van der Waals surface area contributed by atoms with Gasteiger partial charge in [0.2, 0.25) is 0 Å². The molecule has 0 saturated carbocycles. The third kappa shape index (κ3) is 2.81. The van der Waals surface area contributed by atoms with Gasteiger partial charge in [0.25, 0.3) is 0 Å². The Balaban J connectivity index is 2.79. The fourth-order valence-corrected chi connectivity index (χ4v) is 2.24. The Labute approximate surface area is 92.7 Å². The molecule has 0 aliphatic carbocycles. The minimum absolute atomic E-state index is 0.532. The van der Waals surface area contributed by atoms with Crippen LogP contribution in [0, 0.1) is 5.92 Å². The van der Waals surface area contributed by atoms with E-state index in [1.54, 1.807) is 0 Å². The molecule has 1 rings (SSSR count). The van der Waals surface area contributed by atoms with Crippen molar-refractivity contribution in [3.05, 3.63) is 18.2 Å². The average Bonchev–Trinajstić information content (AvgIpc) is 2.68. The molecular weight excluding hydrogens is 186 g/mol. The zero-order valence-electron chi connectivity index (χ0n) is 10.1. The number of nitrogens with zero attached hydrogens (tertiary/aromatic N) is 2. The molecule has 0 fully saturated rings. The second-order valence-electron chi connectivity index (χ2n) is 4.15. The third-order valence-electron chi connectivity index (χ3n) is 3.32. The monoisotopic (exact) mass is 209 g/mol. The third-order valence-corrected chi connectivity index (χ3v) is 3.32. The molecule has 0 amide bonds. The van der Waals surface area contributed by atoms with Crippen LogP contribution < -0.4 is 5.73 Å². The topological polar surface area (TPSA) is 43.8 Å². The summed E-state index contributed by atoms with van der Waals surface area (Å²) in [6, 6.07) is 0.532. The highest BCUT2D eigenvalue weighted by Gasteiger charge is 2.16. The van der Waals surface area contributed by atoms with Crippen molar-refractivity contribution in [3.8, 4) is 0 Å². The van der Waals surface area contributed by atoms with Gasteiger partial charge in [0.1, 0.15) is 0 Å².